The minimum Gasteiger partial charge on any atom is -0.493 e. The summed E-state index contributed by atoms with van der Waals surface area (Å²) in [6, 6.07) is 17.0. The molecule has 132 valence electrons. The molecule has 2 N–H and O–H groups in total. The van der Waals surface area contributed by atoms with Crippen molar-refractivity contribution in [1.29, 1.82) is 0 Å². The third kappa shape index (κ3) is 6.19. The maximum atomic E-state index is 12.4. The van der Waals surface area contributed by atoms with E-state index in [4.69, 9.17) is 17.0 Å². The molecular formula is C20H24N2O2S. The van der Waals surface area contributed by atoms with E-state index < -0.39 is 0 Å². The average molecular weight is 356 g/mol. The fraction of sp³-hybridized carbons (Fsp3) is 0.300. The van der Waals surface area contributed by atoms with E-state index in [0.29, 0.717) is 29.0 Å². The van der Waals surface area contributed by atoms with Crippen LogP contribution in [0, 0.1) is 5.92 Å². The van der Waals surface area contributed by atoms with Gasteiger partial charge in [-0.2, -0.15) is 0 Å². The molecule has 2 aromatic carbocycles. The molecule has 0 aliphatic rings. The highest BCUT2D eigenvalue weighted by molar-refractivity contribution is 7.80. The third-order valence-corrected chi connectivity index (χ3v) is 3.77. The van der Waals surface area contributed by atoms with Crippen molar-refractivity contribution in [3.63, 3.8) is 0 Å². The van der Waals surface area contributed by atoms with Crippen molar-refractivity contribution in [2.24, 2.45) is 5.92 Å². The molecule has 1 amide bonds. The van der Waals surface area contributed by atoms with Crippen LogP contribution >= 0.6 is 12.2 Å². The van der Waals surface area contributed by atoms with E-state index >= 15 is 0 Å². The monoisotopic (exact) mass is 356 g/mol. The Morgan fingerprint density at radius 2 is 1.80 bits per heavy atom. The van der Waals surface area contributed by atoms with Crippen molar-refractivity contribution in [3.8, 4) is 5.75 Å². The van der Waals surface area contributed by atoms with Crippen LogP contribution in [0.25, 0.3) is 0 Å². The van der Waals surface area contributed by atoms with Gasteiger partial charge in [-0.1, -0.05) is 50.2 Å². The van der Waals surface area contributed by atoms with Crippen molar-refractivity contribution in [2.45, 2.75) is 26.8 Å². The first-order valence-electron chi connectivity index (χ1n) is 8.35. The van der Waals surface area contributed by atoms with Gasteiger partial charge in [-0.25, -0.2) is 0 Å². The second kappa shape index (κ2) is 9.18. The largest absolute Gasteiger partial charge is 0.493 e. The molecule has 0 saturated heterocycles. The van der Waals surface area contributed by atoms with Crippen LogP contribution in [0.1, 0.15) is 42.7 Å². The molecule has 1 unspecified atom stereocenters. The van der Waals surface area contributed by atoms with Crippen molar-refractivity contribution in [2.75, 3.05) is 6.61 Å². The maximum absolute atomic E-state index is 12.4. The first kappa shape index (κ1) is 18.9. The molecule has 25 heavy (non-hydrogen) atoms. The second-order valence-electron chi connectivity index (χ2n) is 6.29. The maximum Gasteiger partial charge on any atom is 0.257 e. The summed E-state index contributed by atoms with van der Waals surface area (Å²) >= 11 is 5.25. The van der Waals surface area contributed by atoms with Gasteiger partial charge in [0.1, 0.15) is 5.75 Å². The normalized spacial score (nSPS) is 11.7. The lowest BCUT2D eigenvalue weighted by Crippen LogP contribution is -2.40. The van der Waals surface area contributed by atoms with Gasteiger partial charge in [-0.3, -0.25) is 10.1 Å². The molecule has 0 radical (unpaired) electrons. The number of thiocarbonyl (C=S) groups is 1. The molecule has 0 bridgehead atoms. The summed E-state index contributed by atoms with van der Waals surface area (Å²) in [5, 5.41) is 6.14. The van der Waals surface area contributed by atoms with E-state index in [0.717, 1.165) is 5.56 Å². The Kier molecular flexibility index (Phi) is 6.95. The zero-order valence-electron chi connectivity index (χ0n) is 14.8. The van der Waals surface area contributed by atoms with Gasteiger partial charge in [0, 0.05) is 5.56 Å². The Balaban J connectivity index is 1.92. The Morgan fingerprint density at radius 1 is 1.08 bits per heavy atom. The van der Waals surface area contributed by atoms with E-state index in [2.05, 4.69) is 24.5 Å². The van der Waals surface area contributed by atoms with Gasteiger partial charge in [0.05, 0.1) is 12.6 Å². The van der Waals surface area contributed by atoms with Crippen molar-refractivity contribution in [1.82, 2.24) is 10.6 Å². The number of nitrogens with one attached hydrogen (secondary N) is 2. The van der Waals surface area contributed by atoms with Gasteiger partial charge < -0.3 is 10.1 Å². The highest BCUT2D eigenvalue weighted by atomic mass is 32.1. The van der Waals surface area contributed by atoms with Gasteiger partial charge in [0.15, 0.2) is 5.11 Å². The van der Waals surface area contributed by atoms with Gasteiger partial charge >= 0.3 is 0 Å². The smallest absolute Gasteiger partial charge is 0.257 e. The quantitative estimate of drug-likeness (QED) is 0.766. The van der Waals surface area contributed by atoms with Crippen LogP contribution in [-0.4, -0.2) is 17.6 Å². The molecule has 0 aliphatic carbocycles. The van der Waals surface area contributed by atoms with E-state index in [1.54, 1.807) is 18.2 Å². The minimum absolute atomic E-state index is 0.00899. The van der Waals surface area contributed by atoms with Gasteiger partial charge in [0.25, 0.3) is 5.91 Å². The first-order chi connectivity index (χ1) is 12.0. The van der Waals surface area contributed by atoms with Crippen LogP contribution in [0.5, 0.6) is 5.75 Å². The number of carbonyl (C=O) groups excluding carboxylic acids is 1. The highest BCUT2D eigenvalue weighted by Crippen LogP contribution is 2.15. The molecule has 0 fully saturated rings. The van der Waals surface area contributed by atoms with Gasteiger partial charge in [-0.15, -0.1) is 0 Å². The topological polar surface area (TPSA) is 50.4 Å². The lowest BCUT2D eigenvalue weighted by Gasteiger charge is -2.17. The molecule has 4 nitrogen and oxygen atoms in total. The number of hydrogen-bond acceptors (Lipinski definition) is 3. The van der Waals surface area contributed by atoms with Crippen LogP contribution in [0.2, 0.25) is 0 Å². The van der Waals surface area contributed by atoms with E-state index in [1.807, 2.05) is 43.3 Å². The molecule has 0 aliphatic heterocycles. The summed E-state index contributed by atoms with van der Waals surface area (Å²) in [6.45, 7) is 6.76. The Bertz CT molecular complexity index is 717. The number of benzene rings is 2. The number of rotatable bonds is 6. The van der Waals surface area contributed by atoms with Crippen LogP contribution < -0.4 is 15.4 Å². The fourth-order valence-corrected chi connectivity index (χ4v) is 2.49. The Morgan fingerprint density at radius 3 is 2.48 bits per heavy atom. The predicted octanol–water partition coefficient (Wildman–Crippen LogP) is 4.09. The third-order valence-electron chi connectivity index (χ3n) is 3.55. The summed E-state index contributed by atoms with van der Waals surface area (Å²) in [5.74, 6) is 0.847. The SMILES string of the molecule is CC(C)COc1cccc(C(=O)NC(=S)NC(C)c2ccccc2)c1. The lowest BCUT2D eigenvalue weighted by atomic mass is 10.1. The molecule has 0 aromatic heterocycles. The van der Waals surface area contributed by atoms with Gasteiger partial charge in [-0.05, 0) is 48.8 Å². The Hall–Kier alpha value is -2.40. The molecule has 1 atom stereocenters. The number of ether oxygens (including phenoxy) is 1. The summed E-state index contributed by atoms with van der Waals surface area (Å²) in [5.41, 5.74) is 1.61. The zero-order valence-corrected chi connectivity index (χ0v) is 15.6. The highest BCUT2D eigenvalue weighted by Gasteiger charge is 2.11. The van der Waals surface area contributed by atoms with E-state index in [9.17, 15) is 4.79 Å². The standard InChI is InChI=1S/C20H24N2O2S/c1-14(2)13-24-18-11-7-10-17(12-18)19(23)22-20(25)21-15(3)16-8-5-4-6-9-16/h4-12,14-15H,13H2,1-3H3,(H2,21,22,23,25). The lowest BCUT2D eigenvalue weighted by molar-refractivity contribution is 0.0976. The van der Waals surface area contributed by atoms with Crippen LogP contribution in [-0.2, 0) is 0 Å². The summed E-state index contributed by atoms with van der Waals surface area (Å²) in [6.07, 6.45) is 0. The molecule has 2 rings (SSSR count). The van der Waals surface area contributed by atoms with Crippen LogP contribution in [0.3, 0.4) is 0 Å². The van der Waals surface area contributed by atoms with Crippen LogP contribution in [0.4, 0.5) is 0 Å². The second-order valence-corrected chi connectivity index (χ2v) is 6.70. The molecule has 0 saturated carbocycles. The Labute approximate surface area is 154 Å². The van der Waals surface area contributed by atoms with E-state index in [1.165, 1.54) is 0 Å². The molecule has 0 spiro atoms. The van der Waals surface area contributed by atoms with Crippen LogP contribution in [0.15, 0.2) is 54.6 Å². The predicted molar refractivity (Wildman–Crippen MR) is 105 cm³/mol. The zero-order chi connectivity index (χ0) is 18.2. The molecular weight excluding hydrogens is 332 g/mol. The summed E-state index contributed by atoms with van der Waals surface area (Å²) < 4.78 is 5.66. The van der Waals surface area contributed by atoms with Gasteiger partial charge in [0.2, 0.25) is 0 Å². The molecule has 5 heteroatoms. The number of hydrogen-bond donors (Lipinski definition) is 2. The van der Waals surface area contributed by atoms with Crippen molar-refractivity contribution >= 4 is 23.2 Å². The number of amides is 1. The van der Waals surface area contributed by atoms with E-state index in [-0.39, 0.29) is 11.9 Å². The molecule has 0 heterocycles. The first-order valence-corrected chi connectivity index (χ1v) is 8.76. The van der Waals surface area contributed by atoms with Crippen molar-refractivity contribution in [3.05, 3.63) is 65.7 Å². The van der Waals surface area contributed by atoms with Crippen molar-refractivity contribution < 1.29 is 9.53 Å². The number of carbonyl (C=O) groups is 1. The average Bonchev–Trinajstić information content (AvgIpc) is 2.60. The molecule has 2 aromatic rings. The fourth-order valence-electron chi connectivity index (χ4n) is 2.22. The minimum atomic E-state index is -0.257. The summed E-state index contributed by atoms with van der Waals surface area (Å²) in [7, 11) is 0. The summed E-state index contributed by atoms with van der Waals surface area (Å²) in [4.78, 5) is 12.4.